The molecule has 0 aliphatic carbocycles. The van der Waals surface area contributed by atoms with Crippen LogP contribution in [0.4, 0.5) is 0 Å². The Morgan fingerprint density at radius 2 is 1.82 bits per heavy atom. The Bertz CT molecular complexity index is 358. The second-order valence-electron chi connectivity index (χ2n) is 5.36. The Balaban J connectivity index is 3.10. The molecule has 0 amide bonds. The summed E-state index contributed by atoms with van der Waals surface area (Å²) in [5.74, 6) is 2.37. The van der Waals surface area contributed by atoms with Crippen molar-refractivity contribution in [3.63, 3.8) is 0 Å². The number of nitrogens with zero attached hydrogens (tertiary/aromatic N) is 2. The molecule has 0 aliphatic heterocycles. The van der Waals surface area contributed by atoms with Gasteiger partial charge in [0.15, 0.2) is 0 Å². The summed E-state index contributed by atoms with van der Waals surface area (Å²) < 4.78 is 0. The molecular weight excluding hydrogens is 210 g/mol. The zero-order chi connectivity index (χ0) is 13.0. The van der Waals surface area contributed by atoms with Crippen molar-refractivity contribution in [1.29, 1.82) is 0 Å². The van der Waals surface area contributed by atoms with Gasteiger partial charge in [-0.2, -0.15) is 0 Å². The molecule has 1 N–H and O–H groups in total. The first kappa shape index (κ1) is 14.1. The normalized spacial score (nSPS) is 13.4. The van der Waals surface area contributed by atoms with E-state index < -0.39 is 0 Å². The van der Waals surface area contributed by atoms with E-state index in [9.17, 15) is 0 Å². The highest BCUT2D eigenvalue weighted by atomic mass is 14.9. The molecule has 3 nitrogen and oxygen atoms in total. The van der Waals surface area contributed by atoms with E-state index in [1.807, 2.05) is 14.0 Å². The minimum atomic E-state index is 0.386. The van der Waals surface area contributed by atoms with Gasteiger partial charge in [0, 0.05) is 23.9 Å². The predicted octanol–water partition coefficient (Wildman–Crippen LogP) is 2.87. The summed E-state index contributed by atoms with van der Waals surface area (Å²) in [7, 11) is 1.98. The van der Waals surface area contributed by atoms with Crippen LogP contribution >= 0.6 is 0 Å². The van der Waals surface area contributed by atoms with Crippen LogP contribution in [0.1, 0.15) is 56.7 Å². The lowest BCUT2D eigenvalue weighted by atomic mass is 9.94. The van der Waals surface area contributed by atoms with Gasteiger partial charge in [0.2, 0.25) is 0 Å². The molecule has 0 fully saturated rings. The Morgan fingerprint density at radius 1 is 1.18 bits per heavy atom. The third kappa shape index (κ3) is 3.77. The summed E-state index contributed by atoms with van der Waals surface area (Å²) in [6, 6.07) is 2.09. The highest BCUT2D eigenvalue weighted by molar-refractivity contribution is 5.15. The van der Waals surface area contributed by atoms with E-state index in [0.29, 0.717) is 17.8 Å². The van der Waals surface area contributed by atoms with Gasteiger partial charge in [0.1, 0.15) is 5.82 Å². The summed E-state index contributed by atoms with van der Waals surface area (Å²) in [4.78, 5) is 9.33. The minimum Gasteiger partial charge on any atom is -0.319 e. The van der Waals surface area contributed by atoms with Gasteiger partial charge >= 0.3 is 0 Å². The van der Waals surface area contributed by atoms with Crippen molar-refractivity contribution in [1.82, 2.24) is 15.3 Å². The minimum absolute atomic E-state index is 0.386. The summed E-state index contributed by atoms with van der Waals surface area (Å²) in [6.45, 7) is 11.8. The number of hydrogen-bond acceptors (Lipinski definition) is 3. The van der Waals surface area contributed by atoms with E-state index in [1.165, 1.54) is 0 Å². The number of rotatable bonds is 5. The van der Waals surface area contributed by atoms with E-state index in [4.69, 9.17) is 4.98 Å². The second-order valence-corrected chi connectivity index (χ2v) is 5.36. The number of nitrogens with one attached hydrogen (secondary N) is 1. The van der Waals surface area contributed by atoms with E-state index >= 15 is 0 Å². The molecule has 1 aromatic heterocycles. The first-order chi connectivity index (χ1) is 7.95. The zero-order valence-corrected chi connectivity index (χ0v) is 11.9. The molecule has 96 valence electrons. The summed E-state index contributed by atoms with van der Waals surface area (Å²) >= 11 is 0. The van der Waals surface area contributed by atoms with Gasteiger partial charge in [0.05, 0.1) is 0 Å². The van der Waals surface area contributed by atoms with Gasteiger partial charge in [-0.15, -0.1) is 0 Å². The highest BCUT2D eigenvalue weighted by Gasteiger charge is 2.19. The van der Waals surface area contributed by atoms with E-state index in [1.54, 1.807) is 0 Å². The maximum Gasteiger partial charge on any atom is 0.133 e. The van der Waals surface area contributed by atoms with Crippen LogP contribution in [0.25, 0.3) is 0 Å². The molecule has 1 unspecified atom stereocenters. The monoisotopic (exact) mass is 235 g/mol. The van der Waals surface area contributed by atoms with Gasteiger partial charge < -0.3 is 5.32 Å². The quantitative estimate of drug-likeness (QED) is 0.852. The van der Waals surface area contributed by atoms with Crippen LogP contribution in [0.3, 0.4) is 0 Å². The number of aryl methyl sites for hydroxylation is 1. The lowest BCUT2D eigenvalue weighted by molar-refractivity contribution is 0.454. The SMILES string of the molecule is CNCC(c1nc(C)cc(C(C)C)n1)C(C)C. The molecule has 0 aliphatic rings. The summed E-state index contributed by atoms with van der Waals surface area (Å²) in [6.07, 6.45) is 0. The molecule has 0 bridgehead atoms. The molecule has 0 radical (unpaired) electrons. The van der Waals surface area contributed by atoms with E-state index in [0.717, 1.165) is 23.8 Å². The molecule has 1 rings (SSSR count). The molecule has 3 heteroatoms. The van der Waals surface area contributed by atoms with Crippen molar-refractivity contribution in [3.05, 3.63) is 23.3 Å². The molecule has 1 heterocycles. The third-order valence-corrected chi connectivity index (χ3v) is 3.04. The van der Waals surface area contributed by atoms with Gasteiger partial charge in [0.25, 0.3) is 0 Å². The fourth-order valence-corrected chi connectivity index (χ4v) is 1.92. The van der Waals surface area contributed by atoms with Crippen LogP contribution in [-0.2, 0) is 0 Å². The fourth-order valence-electron chi connectivity index (χ4n) is 1.92. The second kappa shape index (κ2) is 6.10. The molecular formula is C14H25N3. The van der Waals surface area contributed by atoms with Crippen molar-refractivity contribution in [2.75, 3.05) is 13.6 Å². The average Bonchev–Trinajstić information content (AvgIpc) is 2.24. The predicted molar refractivity (Wildman–Crippen MR) is 72.4 cm³/mol. The molecule has 1 aromatic rings. The van der Waals surface area contributed by atoms with Crippen molar-refractivity contribution in [2.45, 2.75) is 46.5 Å². The molecule has 1 atom stereocenters. The molecule has 0 aromatic carbocycles. The first-order valence-corrected chi connectivity index (χ1v) is 6.45. The molecule has 0 spiro atoms. The van der Waals surface area contributed by atoms with Gasteiger partial charge in [-0.25, -0.2) is 9.97 Å². The molecule has 17 heavy (non-hydrogen) atoms. The lowest BCUT2D eigenvalue weighted by Gasteiger charge is -2.20. The molecule has 0 saturated carbocycles. The number of aromatic nitrogens is 2. The van der Waals surface area contributed by atoms with Crippen LogP contribution in [0.15, 0.2) is 6.07 Å². The Kier molecular flexibility index (Phi) is 5.06. The van der Waals surface area contributed by atoms with Gasteiger partial charge in [-0.1, -0.05) is 27.7 Å². The smallest absolute Gasteiger partial charge is 0.133 e. The van der Waals surface area contributed by atoms with Crippen LogP contribution in [0.5, 0.6) is 0 Å². The van der Waals surface area contributed by atoms with E-state index in [-0.39, 0.29) is 0 Å². The van der Waals surface area contributed by atoms with Crippen LogP contribution in [0.2, 0.25) is 0 Å². The fraction of sp³-hybridized carbons (Fsp3) is 0.714. The standard InChI is InChI=1S/C14H25N3/c1-9(2)12(8-15-6)14-16-11(5)7-13(17-14)10(3)4/h7,9-10,12,15H,8H2,1-6H3. The molecule has 0 saturated heterocycles. The van der Waals surface area contributed by atoms with E-state index in [2.05, 4.69) is 44.1 Å². The Hall–Kier alpha value is -0.960. The Morgan fingerprint density at radius 3 is 2.29 bits per heavy atom. The lowest BCUT2D eigenvalue weighted by Crippen LogP contribution is -2.24. The van der Waals surface area contributed by atoms with Crippen LogP contribution in [-0.4, -0.2) is 23.6 Å². The zero-order valence-electron chi connectivity index (χ0n) is 11.9. The van der Waals surface area contributed by atoms with Gasteiger partial charge in [-0.3, -0.25) is 0 Å². The van der Waals surface area contributed by atoms with Gasteiger partial charge in [-0.05, 0) is 31.9 Å². The van der Waals surface area contributed by atoms with Crippen molar-refractivity contribution in [3.8, 4) is 0 Å². The largest absolute Gasteiger partial charge is 0.319 e. The topological polar surface area (TPSA) is 37.8 Å². The van der Waals surface area contributed by atoms with Crippen molar-refractivity contribution < 1.29 is 0 Å². The summed E-state index contributed by atoms with van der Waals surface area (Å²) in [5, 5.41) is 3.24. The number of hydrogen-bond donors (Lipinski definition) is 1. The Labute approximate surface area is 105 Å². The number of likely N-dealkylation sites (N-methyl/N-ethyl adjacent to an activating group) is 1. The highest BCUT2D eigenvalue weighted by Crippen LogP contribution is 2.22. The third-order valence-electron chi connectivity index (χ3n) is 3.04. The summed E-state index contributed by atoms with van der Waals surface area (Å²) in [5.41, 5.74) is 2.22. The maximum absolute atomic E-state index is 4.72. The average molecular weight is 235 g/mol. The van der Waals surface area contributed by atoms with Crippen molar-refractivity contribution >= 4 is 0 Å². The van der Waals surface area contributed by atoms with Crippen LogP contribution < -0.4 is 5.32 Å². The van der Waals surface area contributed by atoms with Crippen molar-refractivity contribution in [2.24, 2.45) is 5.92 Å². The first-order valence-electron chi connectivity index (χ1n) is 6.45. The maximum atomic E-state index is 4.72. The van der Waals surface area contributed by atoms with Crippen LogP contribution in [0, 0.1) is 12.8 Å².